The third-order valence-electron chi connectivity index (χ3n) is 4.99. The van der Waals surface area contributed by atoms with E-state index < -0.39 is 5.60 Å². The van der Waals surface area contributed by atoms with Crippen molar-refractivity contribution in [2.24, 2.45) is 0 Å². The molecule has 0 spiro atoms. The summed E-state index contributed by atoms with van der Waals surface area (Å²) in [5.41, 5.74) is 1.90. The van der Waals surface area contributed by atoms with Gasteiger partial charge in [-0.25, -0.2) is 19.9 Å². The zero-order valence-electron chi connectivity index (χ0n) is 16.0. The summed E-state index contributed by atoms with van der Waals surface area (Å²) in [4.78, 5) is 29.7. The summed E-state index contributed by atoms with van der Waals surface area (Å²) < 4.78 is 6.96. The fourth-order valence-corrected chi connectivity index (χ4v) is 3.04. The van der Waals surface area contributed by atoms with E-state index in [0.717, 1.165) is 5.56 Å². The van der Waals surface area contributed by atoms with E-state index in [1.807, 2.05) is 13.0 Å². The van der Waals surface area contributed by atoms with E-state index in [2.05, 4.69) is 25.3 Å². The van der Waals surface area contributed by atoms with Crippen LogP contribution in [0.25, 0.3) is 11.2 Å². The molecule has 3 aromatic heterocycles. The number of nitrogens with zero attached hydrogens (tertiary/aromatic N) is 6. The van der Waals surface area contributed by atoms with Gasteiger partial charge in [0.1, 0.15) is 17.9 Å². The van der Waals surface area contributed by atoms with E-state index in [1.54, 1.807) is 10.8 Å². The maximum atomic E-state index is 12.7. The van der Waals surface area contributed by atoms with E-state index in [9.17, 15) is 15.2 Å². The van der Waals surface area contributed by atoms with Crippen molar-refractivity contribution < 1.29 is 14.6 Å². The lowest BCUT2D eigenvalue weighted by Gasteiger charge is -2.09. The molecule has 1 amide bonds. The van der Waals surface area contributed by atoms with Crippen LogP contribution in [0, 0.1) is 18.3 Å². The molecule has 0 radical (unpaired) electrons. The molecular weight excluding hydrogens is 374 g/mol. The van der Waals surface area contributed by atoms with Crippen LogP contribution < -0.4 is 10.1 Å². The minimum atomic E-state index is -0.803. The number of carbonyl (C=O) groups is 1. The van der Waals surface area contributed by atoms with Crippen LogP contribution in [-0.4, -0.2) is 54.8 Å². The molecule has 1 saturated carbocycles. The van der Waals surface area contributed by atoms with Gasteiger partial charge >= 0.3 is 0 Å². The Morgan fingerprint density at radius 3 is 2.90 bits per heavy atom. The quantitative estimate of drug-likeness (QED) is 0.624. The van der Waals surface area contributed by atoms with Gasteiger partial charge < -0.3 is 19.7 Å². The zero-order chi connectivity index (χ0) is 20.6. The second-order valence-corrected chi connectivity index (χ2v) is 7.07. The Morgan fingerprint density at radius 2 is 2.21 bits per heavy atom. The second kappa shape index (κ2) is 7.10. The molecule has 0 aliphatic heterocycles. The molecule has 0 aromatic carbocycles. The first-order valence-electron chi connectivity index (χ1n) is 9.05. The highest BCUT2D eigenvalue weighted by atomic mass is 16.5. The summed E-state index contributed by atoms with van der Waals surface area (Å²) in [6, 6.07) is 1.97. The molecule has 10 nitrogen and oxygen atoms in total. The highest BCUT2D eigenvalue weighted by Gasteiger charge is 2.40. The largest absolute Gasteiger partial charge is 0.481 e. The number of ether oxygens (including phenoxy) is 1. The van der Waals surface area contributed by atoms with Crippen molar-refractivity contribution in [1.82, 2.24) is 29.8 Å². The minimum absolute atomic E-state index is 0.146. The van der Waals surface area contributed by atoms with Gasteiger partial charge in [0.25, 0.3) is 5.91 Å². The average molecular weight is 393 g/mol. The van der Waals surface area contributed by atoms with Crippen LogP contribution in [-0.2, 0) is 6.54 Å². The lowest BCUT2D eigenvalue weighted by Crippen LogP contribution is -2.33. The second-order valence-electron chi connectivity index (χ2n) is 7.07. The van der Waals surface area contributed by atoms with Gasteiger partial charge in [-0.1, -0.05) is 0 Å². The van der Waals surface area contributed by atoms with Gasteiger partial charge in [0.2, 0.25) is 5.88 Å². The molecule has 3 aromatic rings. The van der Waals surface area contributed by atoms with Crippen LogP contribution >= 0.6 is 0 Å². The number of nitriles is 1. The number of hydrogen-bond acceptors (Lipinski definition) is 8. The van der Waals surface area contributed by atoms with Crippen LogP contribution in [0.4, 0.5) is 0 Å². The highest BCUT2D eigenvalue weighted by Crippen LogP contribution is 2.34. The van der Waals surface area contributed by atoms with E-state index in [4.69, 9.17) is 4.74 Å². The Kier molecular flexibility index (Phi) is 4.60. The van der Waals surface area contributed by atoms with Gasteiger partial charge in [-0.2, -0.15) is 5.26 Å². The molecule has 1 aliphatic rings. The molecule has 29 heavy (non-hydrogen) atoms. The molecule has 1 aliphatic carbocycles. The number of aliphatic hydroxyl groups is 1. The lowest BCUT2D eigenvalue weighted by atomic mass is 10.2. The molecular formula is C19H19N7O3. The van der Waals surface area contributed by atoms with Gasteiger partial charge in [0.05, 0.1) is 36.7 Å². The van der Waals surface area contributed by atoms with Crippen molar-refractivity contribution in [3.8, 4) is 11.9 Å². The van der Waals surface area contributed by atoms with Crippen molar-refractivity contribution in [1.29, 1.82) is 5.26 Å². The first-order chi connectivity index (χ1) is 13.9. The van der Waals surface area contributed by atoms with Crippen LogP contribution in [0.1, 0.15) is 40.2 Å². The molecule has 3 heterocycles. The number of rotatable bonds is 6. The van der Waals surface area contributed by atoms with Crippen LogP contribution in [0.5, 0.6) is 5.88 Å². The van der Waals surface area contributed by atoms with Gasteiger partial charge in [-0.05, 0) is 19.8 Å². The van der Waals surface area contributed by atoms with Crippen LogP contribution in [0.2, 0.25) is 0 Å². The normalized spacial score (nSPS) is 14.4. The van der Waals surface area contributed by atoms with Crippen molar-refractivity contribution in [3.05, 3.63) is 41.2 Å². The van der Waals surface area contributed by atoms with Crippen molar-refractivity contribution >= 4 is 17.1 Å². The molecule has 10 heteroatoms. The number of carbonyl (C=O) groups excluding carboxylic acids is 1. The molecule has 0 bridgehead atoms. The van der Waals surface area contributed by atoms with Crippen LogP contribution in [0.15, 0.2) is 18.7 Å². The van der Waals surface area contributed by atoms with E-state index in [1.165, 1.54) is 19.6 Å². The molecule has 0 saturated heterocycles. The first-order valence-corrected chi connectivity index (χ1v) is 9.05. The number of nitrogens with one attached hydrogen (secondary N) is 1. The molecule has 4 rings (SSSR count). The number of hydrogen-bond donors (Lipinski definition) is 2. The lowest BCUT2D eigenvalue weighted by molar-refractivity contribution is 0.0897. The fraction of sp³-hybridized carbons (Fsp3) is 0.368. The third-order valence-corrected chi connectivity index (χ3v) is 4.99. The molecule has 0 unspecified atom stereocenters. The van der Waals surface area contributed by atoms with Gasteiger partial charge in [-0.15, -0.1) is 0 Å². The highest BCUT2D eigenvalue weighted by molar-refractivity contribution is 6.04. The van der Waals surface area contributed by atoms with Crippen molar-refractivity contribution in [3.63, 3.8) is 0 Å². The van der Waals surface area contributed by atoms with Gasteiger partial charge in [0.15, 0.2) is 11.3 Å². The van der Waals surface area contributed by atoms with Crippen molar-refractivity contribution in [2.45, 2.75) is 31.9 Å². The summed E-state index contributed by atoms with van der Waals surface area (Å²) in [7, 11) is 1.53. The summed E-state index contributed by atoms with van der Waals surface area (Å²) in [5.74, 6) is 0.107. The SMILES string of the molecule is COc1ncnc(Cn2cc(C(=O)NCC3(O)CC3)c3ncc(C#N)nc32)c1C. The van der Waals surface area contributed by atoms with Crippen molar-refractivity contribution in [2.75, 3.05) is 13.7 Å². The Bertz CT molecular complexity index is 1140. The number of amides is 1. The Hall–Kier alpha value is -3.58. The number of fused-ring (bicyclic) bond motifs is 1. The maximum absolute atomic E-state index is 12.7. The molecule has 1 fully saturated rings. The predicted molar refractivity (Wildman–Crippen MR) is 101 cm³/mol. The predicted octanol–water partition coefficient (Wildman–Crippen LogP) is 0.713. The van der Waals surface area contributed by atoms with E-state index in [-0.39, 0.29) is 18.1 Å². The summed E-state index contributed by atoms with van der Waals surface area (Å²) in [6.07, 6.45) is 5.72. The zero-order valence-corrected chi connectivity index (χ0v) is 16.0. The van der Waals surface area contributed by atoms with E-state index in [0.29, 0.717) is 47.7 Å². The Labute approximate surface area is 166 Å². The Morgan fingerprint density at radius 1 is 1.41 bits per heavy atom. The maximum Gasteiger partial charge on any atom is 0.255 e. The van der Waals surface area contributed by atoms with Crippen LogP contribution in [0.3, 0.4) is 0 Å². The molecule has 148 valence electrons. The number of aromatic nitrogens is 5. The fourth-order valence-electron chi connectivity index (χ4n) is 3.04. The topological polar surface area (TPSA) is 139 Å². The molecule has 0 atom stereocenters. The average Bonchev–Trinajstić information content (AvgIpc) is 3.37. The molecule has 2 N–H and O–H groups in total. The number of methoxy groups -OCH3 is 1. The monoisotopic (exact) mass is 393 g/mol. The smallest absolute Gasteiger partial charge is 0.255 e. The first kappa shape index (κ1) is 18.8. The third kappa shape index (κ3) is 3.60. The summed E-state index contributed by atoms with van der Waals surface area (Å²) in [5, 5.41) is 21.9. The van der Waals surface area contributed by atoms with E-state index >= 15 is 0 Å². The minimum Gasteiger partial charge on any atom is -0.481 e. The van der Waals surface area contributed by atoms with Gasteiger partial charge in [-0.3, -0.25) is 4.79 Å². The Balaban J connectivity index is 1.73. The summed E-state index contributed by atoms with van der Waals surface area (Å²) in [6.45, 7) is 2.32. The standard InChI is InChI=1S/C19H19N7O3/c1-11-14(23-10-24-18(11)29-2)8-26-7-13(17(27)22-9-19(28)3-4-19)15-16(26)25-12(5-20)6-21-15/h6-7,10,28H,3-4,8-9H2,1-2H3,(H,22,27). The van der Waals surface area contributed by atoms with Gasteiger partial charge in [0, 0.05) is 18.3 Å². The summed E-state index contributed by atoms with van der Waals surface area (Å²) >= 11 is 0.